The van der Waals surface area contributed by atoms with E-state index in [1.54, 1.807) is 6.07 Å². The van der Waals surface area contributed by atoms with E-state index >= 15 is 0 Å². The van der Waals surface area contributed by atoms with Gasteiger partial charge in [0.1, 0.15) is 0 Å². The van der Waals surface area contributed by atoms with Crippen molar-refractivity contribution in [1.29, 1.82) is 0 Å². The number of hydrogen-bond acceptors (Lipinski definition) is 0. The maximum Gasteiger partial charge on any atom is 0.0629 e. The van der Waals surface area contributed by atoms with E-state index in [1.807, 2.05) is 66.7 Å². The molecule has 0 amide bonds. The highest BCUT2D eigenvalue weighted by atomic mass is 14.2. The average molecular weight is 512 g/mol. The van der Waals surface area contributed by atoms with Crippen molar-refractivity contribution in [3.63, 3.8) is 0 Å². The third-order valence-corrected chi connectivity index (χ3v) is 7.88. The average Bonchev–Trinajstić information content (AvgIpc) is 3.08. The first-order valence-electron chi connectivity index (χ1n) is 16.0. The second-order valence-electron chi connectivity index (χ2n) is 10.1. The van der Waals surface area contributed by atoms with Crippen molar-refractivity contribution in [2.24, 2.45) is 0 Å². The quantitative estimate of drug-likeness (QED) is 0.207. The van der Waals surface area contributed by atoms with E-state index in [0.29, 0.717) is 27.9 Å². The Hall–Kier alpha value is -5.20. The van der Waals surface area contributed by atoms with Crippen LogP contribution in [-0.4, -0.2) is 0 Å². The first-order valence-corrected chi connectivity index (χ1v) is 13.5. The molecule has 0 bridgehead atoms. The van der Waals surface area contributed by atoms with Crippen LogP contribution in [0.5, 0.6) is 0 Å². The van der Waals surface area contributed by atoms with E-state index in [2.05, 4.69) is 54.6 Å². The Labute approximate surface area is 240 Å². The topological polar surface area (TPSA) is 0 Å². The van der Waals surface area contributed by atoms with Crippen LogP contribution in [0.15, 0.2) is 158 Å². The zero-order chi connectivity index (χ0) is 30.8. The molecule has 0 heterocycles. The molecule has 0 saturated heterocycles. The molecule has 0 heteroatoms. The van der Waals surface area contributed by atoms with Crippen molar-refractivity contribution in [2.45, 2.75) is 0 Å². The molecule has 0 atom stereocenters. The summed E-state index contributed by atoms with van der Waals surface area (Å²) in [5.74, 6) is 0. The van der Waals surface area contributed by atoms with Crippen LogP contribution in [0.3, 0.4) is 0 Å². The molecule has 0 saturated carbocycles. The molecule has 0 N–H and O–H groups in total. The highest BCUT2D eigenvalue weighted by Crippen LogP contribution is 2.46. The van der Waals surface area contributed by atoms with Gasteiger partial charge >= 0.3 is 0 Å². The van der Waals surface area contributed by atoms with E-state index in [1.165, 1.54) is 10.8 Å². The van der Waals surface area contributed by atoms with Gasteiger partial charge in [-0.3, -0.25) is 0 Å². The van der Waals surface area contributed by atoms with Gasteiger partial charge < -0.3 is 0 Å². The van der Waals surface area contributed by atoms with Crippen molar-refractivity contribution < 1.29 is 6.85 Å². The predicted molar refractivity (Wildman–Crippen MR) is 173 cm³/mol. The normalized spacial score (nSPS) is 13.2. The number of rotatable bonds is 3. The minimum absolute atomic E-state index is 0.0850. The Kier molecular flexibility index (Phi) is 4.18. The predicted octanol–water partition coefficient (Wildman–Crippen LogP) is 11.3. The lowest BCUT2D eigenvalue weighted by Crippen LogP contribution is -1.92. The van der Waals surface area contributed by atoms with Gasteiger partial charge in [0.05, 0.1) is 6.85 Å². The summed E-state index contributed by atoms with van der Waals surface area (Å²) in [6, 6.07) is 42.0. The van der Waals surface area contributed by atoms with Crippen LogP contribution in [0.1, 0.15) is 6.85 Å². The summed E-state index contributed by atoms with van der Waals surface area (Å²) >= 11 is 0. The lowest BCUT2D eigenvalue weighted by atomic mass is 9.84. The first-order chi connectivity index (χ1) is 21.9. The lowest BCUT2D eigenvalue weighted by Gasteiger charge is -2.19. The van der Waals surface area contributed by atoms with E-state index in [4.69, 9.17) is 5.48 Å². The molecule has 8 aromatic carbocycles. The summed E-state index contributed by atoms with van der Waals surface area (Å²) < 4.78 is 44.5. The Balaban J connectivity index is 1.53. The SMILES string of the molecule is [2H]c1ccccc1-c1c2ccccc2c(-c2cccc3c(-c4ccc5ccccc5c4)cccc23)c2c([2H])c([2H])c([2H])c([2H])c12. The molecule has 8 aromatic rings. The Morgan fingerprint density at radius 2 is 0.975 bits per heavy atom. The lowest BCUT2D eigenvalue weighted by molar-refractivity contribution is 1.65. The van der Waals surface area contributed by atoms with Gasteiger partial charge in [0.2, 0.25) is 0 Å². The highest BCUT2D eigenvalue weighted by molar-refractivity contribution is 6.24. The summed E-state index contributed by atoms with van der Waals surface area (Å²) in [6.07, 6.45) is 0. The Morgan fingerprint density at radius 3 is 1.77 bits per heavy atom. The second-order valence-corrected chi connectivity index (χ2v) is 10.1. The van der Waals surface area contributed by atoms with Gasteiger partial charge in [-0.15, -0.1) is 0 Å². The van der Waals surface area contributed by atoms with Crippen LogP contribution in [0, 0.1) is 0 Å². The van der Waals surface area contributed by atoms with E-state index in [0.717, 1.165) is 43.8 Å². The molecular formula is C40H26. The zero-order valence-electron chi connectivity index (χ0n) is 26.6. The van der Waals surface area contributed by atoms with Crippen molar-refractivity contribution >= 4 is 43.1 Å². The molecule has 0 nitrogen and oxygen atoms in total. The summed E-state index contributed by atoms with van der Waals surface area (Å²) in [7, 11) is 0. The standard InChI is InChI=1S/C40H26/c1-2-13-28(14-3-1)39-35-16-6-8-18-37(35)40(38-19-9-7-17-36(38)39)34-23-11-21-32-31(20-10-22-33(32)34)30-25-24-27-12-4-5-15-29(27)26-30/h1-26H/i6D,8D,13D,16D,18D. The van der Waals surface area contributed by atoms with Crippen LogP contribution >= 0.6 is 0 Å². The van der Waals surface area contributed by atoms with Crippen molar-refractivity contribution in [2.75, 3.05) is 0 Å². The molecule has 0 spiro atoms. The molecule has 186 valence electrons. The van der Waals surface area contributed by atoms with Crippen LogP contribution in [0.2, 0.25) is 0 Å². The van der Waals surface area contributed by atoms with Crippen LogP contribution < -0.4 is 0 Å². The van der Waals surface area contributed by atoms with Crippen LogP contribution in [0.4, 0.5) is 0 Å². The molecule has 8 rings (SSSR count). The second kappa shape index (κ2) is 9.22. The molecule has 0 unspecified atom stereocenters. The summed E-state index contributed by atoms with van der Waals surface area (Å²) in [5, 5.41) is 7.01. The summed E-state index contributed by atoms with van der Waals surface area (Å²) in [6.45, 7) is 0. The van der Waals surface area contributed by atoms with Crippen molar-refractivity contribution in [3.05, 3.63) is 158 Å². The Bertz CT molecular complexity index is 2500. The molecule has 0 radical (unpaired) electrons. The largest absolute Gasteiger partial charge is 0.0629 e. The van der Waals surface area contributed by atoms with Crippen molar-refractivity contribution in [3.8, 4) is 33.4 Å². The van der Waals surface area contributed by atoms with Crippen molar-refractivity contribution in [1.82, 2.24) is 0 Å². The van der Waals surface area contributed by atoms with E-state index < -0.39 is 0 Å². The molecule has 0 aliphatic rings. The van der Waals surface area contributed by atoms with Gasteiger partial charge in [-0.25, -0.2) is 0 Å². The molecule has 0 fully saturated rings. The molecule has 40 heavy (non-hydrogen) atoms. The first kappa shape index (κ1) is 18.2. The van der Waals surface area contributed by atoms with E-state index in [-0.39, 0.29) is 24.2 Å². The molecular weight excluding hydrogens is 480 g/mol. The smallest absolute Gasteiger partial charge is 0.0622 e. The minimum atomic E-state index is -0.283. The van der Waals surface area contributed by atoms with Gasteiger partial charge in [0, 0.05) is 0 Å². The molecule has 0 aliphatic carbocycles. The van der Waals surface area contributed by atoms with Gasteiger partial charge in [-0.1, -0.05) is 152 Å². The number of hydrogen-bond donors (Lipinski definition) is 0. The Morgan fingerprint density at radius 1 is 0.350 bits per heavy atom. The maximum absolute atomic E-state index is 9.23. The molecule has 0 aliphatic heterocycles. The fourth-order valence-electron chi connectivity index (χ4n) is 6.12. The third-order valence-electron chi connectivity index (χ3n) is 7.88. The highest BCUT2D eigenvalue weighted by Gasteiger charge is 2.18. The van der Waals surface area contributed by atoms with Gasteiger partial charge in [-0.2, -0.15) is 0 Å². The van der Waals surface area contributed by atoms with Gasteiger partial charge in [0.25, 0.3) is 0 Å². The zero-order valence-corrected chi connectivity index (χ0v) is 21.6. The number of benzene rings is 8. The maximum atomic E-state index is 9.23. The number of fused-ring (bicyclic) bond motifs is 4. The van der Waals surface area contributed by atoms with Crippen LogP contribution in [-0.2, 0) is 0 Å². The summed E-state index contributed by atoms with van der Waals surface area (Å²) in [5.41, 5.74) is 5.14. The van der Waals surface area contributed by atoms with Gasteiger partial charge in [0.15, 0.2) is 0 Å². The summed E-state index contributed by atoms with van der Waals surface area (Å²) in [4.78, 5) is 0. The monoisotopic (exact) mass is 511 g/mol. The van der Waals surface area contributed by atoms with Crippen LogP contribution in [0.25, 0.3) is 76.5 Å². The van der Waals surface area contributed by atoms with Gasteiger partial charge in [-0.05, 0) is 82.5 Å². The van der Waals surface area contributed by atoms with E-state index in [9.17, 15) is 1.37 Å². The third kappa shape index (κ3) is 3.54. The fourth-order valence-corrected chi connectivity index (χ4v) is 6.12. The molecule has 0 aromatic heterocycles. The fraction of sp³-hybridized carbons (Fsp3) is 0. The minimum Gasteiger partial charge on any atom is -0.0622 e.